The van der Waals surface area contributed by atoms with Gasteiger partial charge in [0.2, 0.25) is 5.90 Å². The Morgan fingerprint density at radius 1 is 1.07 bits per heavy atom. The van der Waals surface area contributed by atoms with Gasteiger partial charge >= 0.3 is 5.97 Å². The number of benzene rings is 2. The molecule has 2 aromatic rings. The van der Waals surface area contributed by atoms with Crippen molar-refractivity contribution in [2.75, 3.05) is 13.2 Å². The molecule has 0 fully saturated rings. The zero-order chi connectivity index (χ0) is 20.8. The molecule has 0 unspecified atom stereocenters. The van der Waals surface area contributed by atoms with Crippen molar-refractivity contribution in [2.24, 2.45) is 4.99 Å². The minimum absolute atomic E-state index is 0.171. The van der Waals surface area contributed by atoms with Crippen LogP contribution < -0.4 is 9.47 Å². The Hall–Kier alpha value is -2.58. The van der Waals surface area contributed by atoms with Crippen LogP contribution in [0.25, 0.3) is 6.08 Å². The normalized spacial score (nSPS) is 14.3. The lowest BCUT2D eigenvalue weighted by atomic mass is 10.1. The van der Waals surface area contributed by atoms with Crippen molar-refractivity contribution in [3.63, 3.8) is 0 Å². The van der Waals surface area contributed by atoms with Gasteiger partial charge < -0.3 is 14.2 Å². The summed E-state index contributed by atoms with van der Waals surface area (Å²) in [6, 6.07) is 10.7. The van der Waals surface area contributed by atoms with Gasteiger partial charge in [0.15, 0.2) is 17.2 Å². The van der Waals surface area contributed by atoms with Crippen molar-refractivity contribution < 1.29 is 19.0 Å². The van der Waals surface area contributed by atoms with Gasteiger partial charge in [0, 0.05) is 3.57 Å². The first-order chi connectivity index (χ1) is 14.0. The third-order valence-corrected chi connectivity index (χ3v) is 4.76. The van der Waals surface area contributed by atoms with Crippen LogP contribution in [-0.4, -0.2) is 25.1 Å². The standard InChI is InChI=1S/C22H17ClINO4/c1-3-9-27-19-8-5-14(12-20(19)28-10-4-2)11-18-22(26)29-21(25-18)16-13-15(24)6-7-17(16)23/h3-8,11-13H,1-2,9-10H2. The van der Waals surface area contributed by atoms with Crippen molar-refractivity contribution in [2.45, 2.75) is 0 Å². The topological polar surface area (TPSA) is 57.1 Å². The second-order valence-electron chi connectivity index (χ2n) is 5.87. The molecule has 0 atom stereocenters. The van der Waals surface area contributed by atoms with E-state index in [1.807, 2.05) is 12.1 Å². The predicted octanol–water partition coefficient (Wildman–Crippen LogP) is 5.42. The molecular formula is C22H17ClINO4. The summed E-state index contributed by atoms with van der Waals surface area (Å²) in [5.74, 6) is 0.726. The van der Waals surface area contributed by atoms with Gasteiger partial charge in [-0.1, -0.05) is 43.0 Å². The molecule has 0 N–H and O–H groups in total. The number of hydrogen-bond acceptors (Lipinski definition) is 5. The predicted molar refractivity (Wildman–Crippen MR) is 123 cm³/mol. The lowest BCUT2D eigenvalue weighted by Gasteiger charge is -2.11. The number of rotatable bonds is 8. The van der Waals surface area contributed by atoms with Gasteiger partial charge in [-0.3, -0.25) is 0 Å². The number of nitrogens with zero attached hydrogens (tertiary/aromatic N) is 1. The zero-order valence-electron chi connectivity index (χ0n) is 15.4. The summed E-state index contributed by atoms with van der Waals surface area (Å²) in [6.45, 7) is 7.96. The van der Waals surface area contributed by atoms with E-state index in [2.05, 4.69) is 40.7 Å². The number of ether oxygens (including phenoxy) is 3. The molecule has 0 spiro atoms. The summed E-state index contributed by atoms with van der Waals surface area (Å²) in [4.78, 5) is 16.6. The number of halogens is 2. The highest BCUT2D eigenvalue weighted by Gasteiger charge is 2.26. The Balaban J connectivity index is 1.93. The summed E-state index contributed by atoms with van der Waals surface area (Å²) in [5.41, 5.74) is 1.45. The van der Waals surface area contributed by atoms with Crippen molar-refractivity contribution in [1.29, 1.82) is 0 Å². The molecule has 2 aromatic carbocycles. The van der Waals surface area contributed by atoms with Gasteiger partial charge in [-0.15, -0.1) is 0 Å². The van der Waals surface area contributed by atoms with Crippen LogP contribution in [0.5, 0.6) is 11.5 Å². The van der Waals surface area contributed by atoms with Gasteiger partial charge in [-0.2, -0.15) is 0 Å². The van der Waals surface area contributed by atoms with E-state index in [0.717, 1.165) is 3.57 Å². The van der Waals surface area contributed by atoms with E-state index in [0.29, 0.717) is 40.9 Å². The van der Waals surface area contributed by atoms with Crippen LogP contribution in [0.4, 0.5) is 0 Å². The van der Waals surface area contributed by atoms with Crippen molar-refractivity contribution in [1.82, 2.24) is 0 Å². The van der Waals surface area contributed by atoms with Crippen LogP contribution in [0.2, 0.25) is 5.02 Å². The van der Waals surface area contributed by atoms with Gasteiger partial charge in [0.1, 0.15) is 13.2 Å². The highest BCUT2D eigenvalue weighted by atomic mass is 127. The third kappa shape index (κ3) is 5.27. The summed E-state index contributed by atoms with van der Waals surface area (Å²) in [5, 5.41) is 0.460. The number of carbonyl (C=O) groups is 1. The minimum atomic E-state index is -0.546. The summed E-state index contributed by atoms with van der Waals surface area (Å²) >= 11 is 8.38. The molecule has 0 amide bonds. The van der Waals surface area contributed by atoms with Gasteiger partial charge in [-0.25, -0.2) is 9.79 Å². The monoisotopic (exact) mass is 521 g/mol. The lowest BCUT2D eigenvalue weighted by molar-refractivity contribution is -0.129. The Morgan fingerprint density at radius 2 is 1.79 bits per heavy atom. The van der Waals surface area contributed by atoms with E-state index in [1.165, 1.54) is 0 Å². The molecule has 0 radical (unpaired) electrons. The maximum absolute atomic E-state index is 12.3. The molecule has 0 saturated carbocycles. The molecule has 0 bridgehead atoms. The van der Waals surface area contributed by atoms with Gasteiger partial charge in [-0.05, 0) is 64.6 Å². The molecule has 1 aliphatic heterocycles. The van der Waals surface area contributed by atoms with Crippen LogP contribution in [0.1, 0.15) is 11.1 Å². The second kappa shape index (κ2) is 9.76. The van der Waals surface area contributed by atoms with E-state index < -0.39 is 5.97 Å². The summed E-state index contributed by atoms with van der Waals surface area (Å²) in [6.07, 6.45) is 4.90. The molecule has 0 aromatic heterocycles. The van der Waals surface area contributed by atoms with Crippen LogP contribution >= 0.6 is 34.2 Å². The molecule has 0 aliphatic carbocycles. The number of aliphatic imine (C=N–C) groups is 1. The molecule has 3 rings (SSSR count). The molecule has 29 heavy (non-hydrogen) atoms. The maximum Gasteiger partial charge on any atom is 0.363 e. The maximum atomic E-state index is 12.3. The fourth-order valence-electron chi connectivity index (χ4n) is 2.49. The second-order valence-corrected chi connectivity index (χ2v) is 7.52. The van der Waals surface area contributed by atoms with Crippen LogP contribution in [0.15, 0.2) is 72.4 Å². The first-order valence-corrected chi connectivity index (χ1v) is 10.1. The molecular weight excluding hydrogens is 505 g/mol. The number of hydrogen-bond donors (Lipinski definition) is 0. The van der Waals surface area contributed by atoms with E-state index in [-0.39, 0.29) is 11.6 Å². The third-order valence-electron chi connectivity index (χ3n) is 3.76. The summed E-state index contributed by atoms with van der Waals surface area (Å²) in [7, 11) is 0. The Morgan fingerprint density at radius 3 is 2.52 bits per heavy atom. The number of carbonyl (C=O) groups excluding carboxylic acids is 1. The fourth-order valence-corrected chi connectivity index (χ4v) is 3.18. The fraction of sp³-hybridized carbons (Fsp3) is 0.0909. The van der Waals surface area contributed by atoms with Crippen LogP contribution in [0, 0.1) is 3.57 Å². The van der Waals surface area contributed by atoms with Crippen molar-refractivity contribution in [3.8, 4) is 11.5 Å². The SMILES string of the molecule is C=CCOc1ccc(C=C2N=C(c3cc(I)ccc3Cl)OC2=O)cc1OCC=C. The summed E-state index contributed by atoms with van der Waals surface area (Å²) < 4.78 is 17.5. The average molecular weight is 522 g/mol. The Kier molecular flexibility index (Phi) is 7.11. The minimum Gasteiger partial charge on any atom is -0.486 e. The largest absolute Gasteiger partial charge is 0.486 e. The molecule has 5 nitrogen and oxygen atoms in total. The molecule has 148 valence electrons. The number of esters is 1. The highest BCUT2D eigenvalue weighted by Crippen LogP contribution is 2.31. The average Bonchev–Trinajstić information content (AvgIpc) is 3.07. The van der Waals surface area contributed by atoms with E-state index in [1.54, 1.807) is 42.5 Å². The van der Waals surface area contributed by atoms with E-state index in [9.17, 15) is 4.79 Å². The van der Waals surface area contributed by atoms with E-state index >= 15 is 0 Å². The highest BCUT2D eigenvalue weighted by molar-refractivity contribution is 14.1. The van der Waals surface area contributed by atoms with Gasteiger partial charge in [0.05, 0.1) is 10.6 Å². The Bertz CT molecular complexity index is 1030. The molecule has 1 aliphatic rings. The molecule has 7 heteroatoms. The zero-order valence-corrected chi connectivity index (χ0v) is 18.3. The Labute approximate surface area is 187 Å². The van der Waals surface area contributed by atoms with E-state index in [4.69, 9.17) is 25.8 Å². The smallest absolute Gasteiger partial charge is 0.363 e. The van der Waals surface area contributed by atoms with Crippen LogP contribution in [-0.2, 0) is 9.53 Å². The molecule has 0 saturated heterocycles. The quantitative estimate of drug-likeness (QED) is 0.202. The first kappa shape index (κ1) is 21.1. The van der Waals surface area contributed by atoms with Crippen molar-refractivity contribution in [3.05, 3.63) is 87.1 Å². The first-order valence-electron chi connectivity index (χ1n) is 8.61. The number of cyclic esters (lactones) is 1. The van der Waals surface area contributed by atoms with Crippen LogP contribution in [0.3, 0.4) is 0 Å². The lowest BCUT2D eigenvalue weighted by Crippen LogP contribution is -2.06. The van der Waals surface area contributed by atoms with Gasteiger partial charge in [0.25, 0.3) is 0 Å². The van der Waals surface area contributed by atoms with Crippen molar-refractivity contribution >= 4 is 52.1 Å². The molecule has 1 heterocycles.